The predicted octanol–water partition coefficient (Wildman–Crippen LogP) is 4.45. The third-order valence-corrected chi connectivity index (χ3v) is 6.10. The van der Waals surface area contributed by atoms with Crippen molar-refractivity contribution in [1.82, 2.24) is 0 Å². The highest BCUT2D eigenvalue weighted by Crippen LogP contribution is 2.52. The van der Waals surface area contributed by atoms with Gasteiger partial charge in [0.05, 0.1) is 26.4 Å². The van der Waals surface area contributed by atoms with E-state index >= 15 is 0 Å². The fraction of sp³-hybridized carbons (Fsp3) is 0.455. The average molecular weight is 436 g/mol. The number of hydrogen-bond acceptors (Lipinski definition) is 7. The summed E-state index contributed by atoms with van der Waals surface area (Å²) in [5.41, 5.74) is 0.686. The van der Waals surface area contributed by atoms with Crippen LogP contribution in [0.25, 0.3) is 0 Å². The summed E-state index contributed by atoms with van der Waals surface area (Å²) < 4.78 is 41.8. The van der Waals surface area contributed by atoms with Crippen molar-refractivity contribution in [3.63, 3.8) is 0 Å². The van der Waals surface area contributed by atoms with E-state index in [0.717, 1.165) is 11.1 Å². The first-order valence-corrected chi connectivity index (χ1v) is 11.3. The van der Waals surface area contributed by atoms with E-state index in [4.69, 9.17) is 23.0 Å². The first-order valence-electron chi connectivity index (χ1n) is 9.84. The van der Waals surface area contributed by atoms with Gasteiger partial charge in [-0.3, -0.25) is 13.6 Å². The highest BCUT2D eigenvalue weighted by Gasteiger charge is 2.50. The molecule has 2 aromatic rings. The lowest BCUT2D eigenvalue weighted by Crippen LogP contribution is -2.43. The second kappa shape index (κ2) is 9.71. The molecule has 1 saturated heterocycles. The Bertz CT molecular complexity index is 796. The maximum atomic E-state index is 13.4. The summed E-state index contributed by atoms with van der Waals surface area (Å²) in [5.74, 6) is -0.898. The molecule has 7 nitrogen and oxygen atoms in total. The minimum Gasteiger partial charge on any atom is -0.393 e. The Labute approximate surface area is 177 Å². The first-order chi connectivity index (χ1) is 14.2. The van der Waals surface area contributed by atoms with E-state index in [1.54, 1.807) is 20.8 Å². The third-order valence-electron chi connectivity index (χ3n) is 4.75. The molecule has 2 atom stereocenters. The number of phosphoric acid groups is 1. The van der Waals surface area contributed by atoms with Gasteiger partial charge in [0.2, 0.25) is 0 Å². The predicted molar refractivity (Wildman–Crippen MR) is 112 cm³/mol. The van der Waals surface area contributed by atoms with Crippen LogP contribution in [0.2, 0.25) is 0 Å². The van der Waals surface area contributed by atoms with Gasteiger partial charge in [-0.05, 0) is 31.9 Å². The molecule has 8 heteroatoms. The van der Waals surface area contributed by atoms with Gasteiger partial charge in [-0.25, -0.2) is 4.57 Å². The molecule has 0 spiro atoms. The number of ether oxygens (including phenoxy) is 2. The average Bonchev–Trinajstić information content (AvgIpc) is 3.00. The smallest absolute Gasteiger partial charge is 0.393 e. The Hall–Kier alpha value is -1.57. The number of hydrogen-bond donors (Lipinski definition) is 1. The zero-order valence-electron chi connectivity index (χ0n) is 17.5. The molecular weight excluding hydrogens is 407 g/mol. The second-order valence-electron chi connectivity index (χ2n) is 7.84. The van der Waals surface area contributed by atoms with Crippen molar-refractivity contribution >= 4 is 7.82 Å². The Balaban J connectivity index is 1.69. The molecule has 2 unspecified atom stereocenters. The molecule has 0 saturated carbocycles. The van der Waals surface area contributed by atoms with Crippen LogP contribution in [0.1, 0.15) is 31.9 Å². The van der Waals surface area contributed by atoms with Gasteiger partial charge in [-0.1, -0.05) is 60.7 Å². The van der Waals surface area contributed by atoms with Gasteiger partial charge in [0.1, 0.15) is 11.7 Å². The summed E-state index contributed by atoms with van der Waals surface area (Å²) in [5, 5.41) is 9.77. The number of aliphatic hydroxyl groups is 1. The number of phosphoric ester groups is 1. The summed E-state index contributed by atoms with van der Waals surface area (Å²) in [6, 6.07) is 18.7. The van der Waals surface area contributed by atoms with E-state index in [1.165, 1.54) is 0 Å². The van der Waals surface area contributed by atoms with Crippen LogP contribution in [0.4, 0.5) is 0 Å². The number of aliphatic hydroxyl groups excluding tert-OH is 1. The lowest BCUT2D eigenvalue weighted by Gasteiger charge is -2.27. The van der Waals surface area contributed by atoms with Crippen LogP contribution in [-0.4, -0.2) is 35.8 Å². The third kappa shape index (κ3) is 6.22. The molecule has 1 aliphatic rings. The first kappa shape index (κ1) is 23.1. The number of benzene rings is 2. The van der Waals surface area contributed by atoms with Crippen LogP contribution in [0.15, 0.2) is 60.7 Å². The Morgan fingerprint density at radius 1 is 0.900 bits per heavy atom. The van der Waals surface area contributed by atoms with E-state index in [2.05, 4.69) is 0 Å². The summed E-state index contributed by atoms with van der Waals surface area (Å²) in [6.07, 6.45) is -0.647. The van der Waals surface area contributed by atoms with Crippen molar-refractivity contribution in [2.45, 2.75) is 51.5 Å². The standard InChI is InChI=1S/C22H29O7P/c1-21(2)28-20(22(3,17-23)29-21)16-27-30(24,25-14-18-10-6-4-7-11-18)26-15-19-12-8-5-9-13-19/h4-13,20,23H,14-17H2,1-3H3. The molecule has 0 bridgehead atoms. The van der Waals surface area contributed by atoms with Crippen molar-refractivity contribution in [3.8, 4) is 0 Å². The Morgan fingerprint density at radius 2 is 1.40 bits per heavy atom. The van der Waals surface area contributed by atoms with Crippen LogP contribution in [0, 0.1) is 0 Å². The van der Waals surface area contributed by atoms with Crippen molar-refractivity contribution in [2.24, 2.45) is 0 Å². The topological polar surface area (TPSA) is 83.5 Å². The monoisotopic (exact) mass is 436 g/mol. The van der Waals surface area contributed by atoms with Gasteiger partial charge >= 0.3 is 7.82 Å². The van der Waals surface area contributed by atoms with Gasteiger partial charge in [0.25, 0.3) is 0 Å². The summed E-state index contributed by atoms with van der Waals surface area (Å²) in [7, 11) is -3.93. The minimum absolute atomic E-state index is 0.0672. The molecule has 3 rings (SSSR count). The molecule has 2 aromatic carbocycles. The summed E-state index contributed by atoms with van der Waals surface area (Å²) >= 11 is 0. The zero-order valence-corrected chi connectivity index (χ0v) is 18.4. The van der Waals surface area contributed by atoms with Crippen LogP contribution >= 0.6 is 7.82 Å². The quantitative estimate of drug-likeness (QED) is 0.551. The van der Waals surface area contributed by atoms with E-state index in [1.807, 2.05) is 60.7 Å². The Kier molecular flexibility index (Phi) is 7.47. The molecule has 1 aliphatic heterocycles. The summed E-state index contributed by atoms with van der Waals surface area (Å²) in [4.78, 5) is 0. The molecule has 1 N–H and O–H groups in total. The maximum absolute atomic E-state index is 13.4. The Morgan fingerprint density at radius 3 is 1.87 bits per heavy atom. The lowest BCUT2D eigenvalue weighted by molar-refractivity contribution is -0.166. The minimum atomic E-state index is -3.93. The van der Waals surface area contributed by atoms with E-state index in [-0.39, 0.29) is 26.4 Å². The van der Waals surface area contributed by atoms with Crippen molar-refractivity contribution in [3.05, 3.63) is 71.8 Å². The molecule has 30 heavy (non-hydrogen) atoms. The van der Waals surface area contributed by atoms with E-state index < -0.39 is 25.3 Å². The van der Waals surface area contributed by atoms with Crippen LogP contribution in [0.3, 0.4) is 0 Å². The van der Waals surface area contributed by atoms with Crippen molar-refractivity contribution in [1.29, 1.82) is 0 Å². The zero-order chi connectivity index (χ0) is 21.7. The van der Waals surface area contributed by atoms with Crippen molar-refractivity contribution < 1.29 is 32.7 Å². The van der Waals surface area contributed by atoms with Crippen LogP contribution < -0.4 is 0 Å². The molecule has 0 amide bonds. The largest absolute Gasteiger partial charge is 0.475 e. The van der Waals surface area contributed by atoms with Gasteiger partial charge in [-0.15, -0.1) is 0 Å². The normalized spacial score (nSPS) is 23.5. The van der Waals surface area contributed by atoms with Gasteiger partial charge in [0.15, 0.2) is 5.79 Å². The molecule has 164 valence electrons. The van der Waals surface area contributed by atoms with Gasteiger partial charge < -0.3 is 14.6 Å². The second-order valence-corrected chi connectivity index (χ2v) is 9.51. The van der Waals surface area contributed by atoms with E-state index in [0.29, 0.717) is 0 Å². The molecule has 0 aliphatic carbocycles. The molecule has 1 heterocycles. The number of rotatable bonds is 10. The molecular formula is C22H29O7P. The van der Waals surface area contributed by atoms with Crippen molar-refractivity contribution in [2.75, 3.05) is 13.2 Å². The van der Waals surface area contributed by atoms with E-state index in [9.17, 15) is 9.67 Å². The highest BCUT2D eigenvalue weighted by molar-refractivity contribution is 7.48. The maximum Gasteiger partial charge on any atom is 0.475 e. The lowest BCUT2D eigenvalue weighted by atomic mass is 10.0. The molecule has 0 aromatic heterocycles. The molecule has 1 fully saturated rings. The SMILES string of the molecule is CC1(C)OC(COP(=O)(OCc2ccccc2)OCc2ccccc2)C(C)(CO)O1. The van der Waals surface area contributed by atoms with Gasteiger partial charge in [-0.2, -0.15) is 0 Å². The van der Waals surface area contributed by atoms with Gasteiger partial charge in [0, 0.05) is 0 Å². The van der Waals surface area contributed by atoms with Crippen LogP contribution in [0.5, 0.6) is 0 Å². The highest BCUT2D eigenvalue weighted by atomic mass is 31.2. The fourth-order valence-corrected chi connectivity index (χ4v) is 4.35. The van der Waals surface area contributed by atoms with Crippen LogP contribution in [-0.2, 0) is 40.8 Å². The fourth-order valence-electron chi connectivity index (χ4n) is 3.19. The summed E-state index contributed by atoms with van der Waals surface area (Å²) in [6.45, 7) is 4.95. The molecule has 0 radical (unpaired) electrons.